The first-order chi connectivity index (χ1) is 12.1. The van der Waals surface area contributed by atoms with Gasteiger partial charge in [0.2, 0.25) is 0 Å². The van der Waals surface area contributed by atoms with Crippen LogP contribution >= 0.6 is 11.6 Å². The van der Waals surface area contributed by atoms with Gasteiger partial charge in [-0.3, -0.25) is 4.79 Å². The predicted molar refractivity (Wildman–Crippen MR) is 97.4 cm³/mol. The van der Waals surface area contributed by atoms with E-state index in [1.807, 2.05) is 0 Å². The highest BCUT2D eigenvalue weighted by Crippen LogP contribution is 2.15. The van der Waals surface area contributed by atoms with Crippen LogP contribution in [0.15, 0.2) is 66.9 Å². The average molecular weight is 356 g/mol. The molecule has 0 saturated heterocycles. The molecule has 1 amide bonds. The number of rotatable bonds is 5. The van der Waals surface area contributed by atoms with Crippen molar-refractivity contribution >= 4 is 29.0 Å². The van der Waals surface area contributed by atoms with E-state index in [2.05, 4.69) is 15.6 Å². The molecule has 3 rings (SSSR count). The number of aromatic nitrogens is 1. The number of hydrogen-bond acceptors (Lipinski definition) is 3. The molecule has 6 heteroatoms. The zero-order valence-corrected chi connectivity index (χ0v) is 13.9. The van der Waals surface area contributed by atoms with Crippen molar-refractivity contribution in [1.82, 2.24) is 4.98 Å². The molecule has 0 saturated carbocycles. The molecule has 1 heterocycles. The van der Waals surface area contributed by atoms with E-state index >= 15 is 0 Å². The molecule has 0 unspecified atom stereocenters. The van der Waals surface area contributed by atoms with Crippen LogP contribution < -0.4 is 10.6 Å². The van der Waals surface area contributed by atoms with Crippen LogP contribution in [0.3, 0.4) is 0 Å². The van der Waals surface area contributed by atoms with E-state index in [1.54, 1.807) is 54.7 Å². The summed E-state index contributed by atoms with van der Waals surface area (Å²) in [6.45, 7) is 0.529. The number of benzene rings is 2. The lowest BCUT2D eigenvalue weighted by Gasteiger charge is -2.08. The molecule has 2 aromatic carbocycles. The lowest BCUT2D eigenvalue weighted by molar-refractivity contribution is 0.102. The molecular weight excluding hydrogens is 341 g/mol. The molecule has 0 aliphatic heterocycles. The summed E-state index contributed by atoms with van der Waals surface area (Å²) >= 11 is 5.89. The van der Waals surface area contributed by atoms with Gasteiger partial charge in [-0.15, -0.1) is 0 Å². The second-order valence-corrected chi connectivity index (χ2v) is 5.81. The minimum Gasteiger partial charge on any atom is -0.366 e. The maximum atomic E-state index is 12.9. The molecule has 0 atom stereocenters. The van der Waals surface area contributed by atoms with Crippen LogP contribution in [0, 0.1) is 5.82 Å². The number of pyridine rings is 1. The number of nitrogens with zero attached hydrogens (tertiary/aromatic N) is 1. The van der Waals surface area contributed by atoms with Gasteiger partial charge in [-0.05, 0) is 48.0 Å². The van der Waals surface area contributed by atoms with Gasteiger partial charge >= 0.3 is 0 Å². The van der Waals surface area contributed by atoms with E-state index < -0.39 is 0 Å². The fourth-order valence-electron chi connectivity index (χ4n) is 2.20. The van der Waals surface area contributed by atoms with Crippen molar-refractivity contribution in [2.45, 2.75) is 6.54 Å². The summed E-state index contributed by atoms with van der Waals surface area (Å²) in [5.74, 6) is 0.142. The Morgan fingerprint density at radius 1 is 1.08 bits per heavy atom. The fraction of sp³-hybridized carbons (Fsp3) is 0.0526. The molecule has 4 nitrogen and oxygen atoms in total. The van der Waals surface area contributed by atoms with Crippen LogP contribution in [0.2, 0.25) is 5.02 Å². The van der Waals surface area contributed by atoms with E-state index in [9.17, 15) is 9.18 Å². The van der Waals surface area contributed by atoms with Crippen molar-refractivity contribution in [3.63, 3.8) is 0 Å². The van der Waals surface area contributed by atoms with Gasteiger partial charge in [0.1, 0.15) is 11.6 Å². The molecule has 126 valence electrons. The SMILES string of the molecule is O=C(Nc1ccc(NCc2ccc(F)cc2)nc1)c1cccc(Cl)c1. The minimum absolute atomic E-state index is 0.253. The van der Waals surface area contributed by atoms with E-state index in [0.29, 0.717) is 28.6 Å². The highest BCUT2D eigenvalue weighted by atomic mass is 35.5. The number of nitrogens with one attached hydrogen (secondary N) is 2. The zero-order chi connectivity index (χ0) is 17.6. The fourth-order valence-corrected chi connectivity index (χ4v) is 2.39. The Labute approximate surface area is 149 Å². The van der Waals surface area contributed by atoms with Gasteiger partial charge in [-0.25, -0.2) is 9.37 Å². The minimum atomic E-state index is -0.262. The average Bonchev–Trinajstić information content (AvgIpc) is 2.62. The number of halogens is 2. The van der Waals surface area contributed by atoms with Crippen LogP contribution in [0.5, 0.6) is 0 Å². The number of anilines is 2. The van der Waals surface area contributed by atoms with E-state index in [4.69, 9.17) is 11.6 Å². The van der Waals surface area contributed by atoms with Crippen LogP contribution in [-0.2, 0) is 6.54 Å². The summed E-state index contributed by atoms with van der Waals surface area (Å²) in [6.07, 6.45) is 1.56. The van der Waals surface area contributed by atoms with Gasteiger partial charge < -0.3 is 10.6 Å². The third-order valence-corrected chi connectivity index (χ3v) is 3.73. The highest BCUT2D eigenvalue weighted by Gasteiger charge is 2.06. The smallest absolute Gasteiger partial charge is 0.255 e. The molecular formula is C19H15ClFN3O. The molecule has 0 fully saturated rings. The van der Waals surface area contributed by atoms with Crippen LogP contribution in [0.25, 0.3) is 0 Å². The quantitative estimate of drug-likeness (QED) is 0.695. The van der Waals surface area contributed by atoms with Gasteiger partial charge in [0.05, 0.1) is 11.9 Å². The Kier molecular flexibility index (Phi) is 5.26. The Morgan fingerprint density at radius 3 is 2.56 bits per heavy atom. The van der Waals surface area contributed by atoms with Gasteiger partial charge in [0.25, 0.3) is 5.91 Å². The molecule has 1 aromatic heterocycles. The first-order valence-corrected chi connectivity index (χ1v) is 7.99. The molecule has 0 bridgehead atoms. The Balaban J connectivity index is 1.58. The van der Waals surface area contributed by atoms with Gasteiger partial charge in [-0.2, -0.15) is 0 Å². The van der Waals surface area contributed by atoms with Gasteiger partial charge in [-0.1, -0.05) is 29.8 Å². The Bertz CT molecular complexity index is 867. The molecule has 25 heavy (non-hydrogen) atoms. The van der Waals surface area contributed by atoms with Crippen LogP contribution in [0.4, 0.5) is 15.9 Å². The molecule has 0 aliphatic carbocycles. The zero-order valence-electron chi connectivity index (χ0n) is 13.2. The van der Waals surface area contributed by atoms with Crippen LogP contribution in [-0.4, -0.2) is 10.9 Å². The van der Waals surface area contributed by atoms with E-state index in [-0.39, 0.29) is 11.7 Å². The maximum Gasteiger partial charge on any atom is 0.255 e. The first-order valence-electron chi connectivity index (χ1n) is 7.61. The van der Waals surface area contributed by atoms with Crippen molar-refractivity contribution in [3.8, 4) is 0 Å². The normalized spacial score (nSPS) is 10.3. The standard InChI is InChI=1S/C19H15ClFN3O/c20-15-3-1-2-14(10-15)19(25)24-17-8-9-18(23-12-17)22-11-13-4-6-16(21)7-5-13/h1-10,12H,11H2,(H,22,23)(H,24,25). The van der Waals surface area contributed by atoms with Crippen molar-refractivity contribution in [2.24, 2.45) is 0 Å². The first kappa shape index (κ1) is 16.9. The highest BCUT2D eigenvalue weighted by molar-refractivity contribution is 6.31. The van der Waals surface area contributed by atoms with Crippen molar-refractivity contribution in [3.05, 3.63) is 88.8 Å². The summed E-state index contributed by atoms with van der Waals surface area (Å²) < 4.78 is 12.9. The summed E-state index contributed by atoms with van der Waals surface area (Å²) in [6, 6.07) is 16.5. The topological polar surface area (TPSA) is 54.0 Å². The molecule has 0 aliphatic rings. The molecule has 2 N–H and O–H groups in total. The second-order valence-electron chi connectivity index (χ2n) is 5.38. The Morgan fingerprint density at radius 2 is 1.88 bits per heavy atom. The van der Waals surface area contributed by atoms with Crippen molar-refractivity contribution < 1.29 is 9.18 Å². The lowest BCUT2D eigenvalue weighted by Crippen LogP contribution is -2.12. The second kappa shape index (κ2) is 7.77. The summed E-state index contributed by atoms with van der Waals surface area (Å²) in [4.78, 5) is 16.4. The predicted octanol–water partition coefficient (Wildman–Crippen LogP) is 4.74. The van der Waals surface area contributed by atoms with Crippen molar-refractivity contribution in [2.75, 3.05) is 10.6 Å². The number of hydrogen-bond donors (Lipinski definition) is 2. The maximum absolute atomic E-state index is 12.9. The summed E-state index contributed by atoms with van der Waals surface area (Å²) in [7, 11) is 0. The molecule has 3 aromatic rings. The van der Waals surface area contributed by atoms with E-state index in [1.165, 1.54) is 12.1 Å². The van der Waals surface area contributed by atoms with Gasteiger partial charge in [0, 0.05) is 17.1 Å². The number of amides is 1. The largest absolute Gasteiger partial charge is 0.366 e. The third-order valence-electron chi connectivity index (χ3n) is 3.50. The molecule has 0 spiro atoms. The van der Waals surface area contributed by atoms with Crippen LogP contribution in [0.1, 0.15) is 15.9 Å². The van der Waals surface area contributed by atoms with E-state index in [0.717, 1.165) is 5.56 Å². The van der Waals surface area contributed by atoms with Gasteiger partial charge in [0.15, 0.2) is 0 Å². The number of carbonyl (C=O) groups is 1. The lowest BCUT2D eigenvalue weighted by atomic mass is 10.2. The third kappa shape index (κ3) is 4.78. The monoisotopic (exact) mass is 355 g/mol. The summed E-state index contributed by atoms with van der Waals surface area (Å²) in [5.41, 5.74) is 2.00. The summed E-state index contributed by atoms with van der Waals surface area (Å²) in [5, 5.41) is 6.41. The molecule has 0 radical (unpaired) electrons. The Hall–Kier alpha value is -2.92. The van der Waals surface area contributed by atoms with Crippen molar-refractivity contribution in [1.29, 1.82) is 0 Å². The number of carbonyl (C=O) groups excluding carboxylic acids is 1.